The lowest BCUT2D eigenvalue weighted by Crippen LogP contribution is -2.55. The summed E-state index contributed by atoms with van der Waals surface area (Å²) in [4.78, 5) is 41.1. The van der Waals surface area contributed by atoms with E-state index in [9.17, 15) is 24.6 Å². The van der Waals surface area contributed by atoms with Crippen molar-refractivity contribution in [3.63, 3.8) is 0 Å². The van der Waals surface area contributed by atoms with Gasteiger partial charge in [0.1, 0.15) is 23.4 Å². The Morgan fingerprint density at radius 2 is 1.69 bits per heavy atom. The van der Waals surface area contributed by atoms with Gasteiger partial charge in [-0.15, -0.1) is 0 Å². The van der Waals surface area contributed by atoms with E-state index in [0.29, 0.717) is 12.0 Å². The number of alkyl carbamates (subject to hydrolysis) is 1. The molecule has 0 saturated heterocycles. The van der Waals surface area contributed by atoms with E-state index in [0.717, 1.165) is 19.3 Å². The molecular weight excluding hydrogens is 462 g/mol. The average molecular weight is 508 g/mol. The third-order valence-corrected chi connectivity index (χ3v) is 5.33. The van der Waals surface area contributed by atoms with Crippen LogP contribution in [-0.2, 0) is 14.3 Å². The Morgan fingerprint density at radius 3 is 2.22 bits per heavy atom. The Hall–Kier alpha value is -2.81. The van der Waals surface area contributed by atoms with Crippen LogP contribution in [0.5, 0.6) is 5.75 Å². The second-order valence-corrected chi connectivity index (χ2v) is 11.1. The minimum atomic E-state index is -1.33. The van der Waals surface area contributed by atoms with Crippen molar-refractivity contribution in [2.45, 2.75) is 104 Å². The van der Waals surface area contributed by atoms with Gasteiger partial charge < -0.3 is 30.5 Å². The summed E-state index contributed by atoms with van der Waals surface area (Å²) in [6.45, 7) is 13.8. The first kappa shape index (κ1) is 31.2. The predicted octanol–water partition coefficient (Wildman–Crippen LogP) is 3.95. The van der Waals surface area contributed by atoms with Crippen molar-refractivity contribution in [2.24, 2.45) is 0 Å². The number of benzene rings is 1. The van der Waals surface area contributed by atoms with Gasteiger partial charge in [0.15, 0.2) is 0 Å². The maximum absolute atomic E-state index is 13.8. The molecule has 0 bridgehead atoms. The zero-order chi connectivity index (χ0) is 27.7. The fraction of sp³-hybridized carbons (Fsp3) is 0.667. The fourth-order valence-electron chi connectivity index (χ4n) is 3.70. The highest BCUT2D eigenvalue weighted by atomic mass is 16.6. The number of hydrogen-bond donors (Lipinski definition) is 4. The quantitative estimate of drug-likeness (QED) is 0.336. The van der Waals surface area contributed by atoms with Crippen LogP contribution in [-0.4, -0.2) is 63.4 Å². The number of carbonyl (C=O) groups is 3. The second kappa shape index (κ2) is 13.5. The van der Waals surface area contributed by atoms with E-state index in [2.05, 4.69) is 17.6 Å². The first-order chi connectivity index (χ1) is 16.6. The van der Waals surface area contributed by atoms with Gasteiger partial charge in [0.25, 0.3) is 0 Å². The van der Waals surface area contributed by atoms with Crippen LogP contribution in [0.3, 0.4) is 0 Å². The number of hydrogen-bond acceptors (Lipinski definition) is 6. The molecule has 0 heterocycles. The van der Waals surface area contributed by atoms with Gasteiger partial charge in [0, 0.05) is 17.6 Å². The van der Waals surface area contributed by atoms with Crippen LogP contribution in [0.15, 0.2) is 18.2 Å². The molecule has 0 radical (unpaired) electrons. The lowest BCUT2D eigenvalue weighted by molar-refractivity contribution is -0.144. The van der Waals surface area contributed by atoms with Gasteiger partial charge in [0.05, 0.1) is 6.61 Å². The lowest BCUT2D eigenvalue weighted by atomic mass is 9.97. The SMILES string of the molecule is CCCCCCN(C(=O)C(CO)NC(=O)OC(C)(C)C)C(C(=O)NC(C)(C)C)c1cccc(C)c1O. The number of aryl methyl sites for hydroxylation is 1. The van der Waals surface area contributed by atoms with Crippen LogP contribution in [0.4, 0.5) is 4.79 Å². The molecule has 1 aromatic rings. The van der Waals surface area contributed by atoms with E-state index in [4.69, 9.17) is 4.74 Å². The molecule has 0 saturated carbocycles. The number of unbranched alkanes of at least 4 members (excludes halogenated alkanes) is 3. The van der Waals surface area contributed by atoms with Crippen LogP contribution in [0.2, 0.25) is 0 Å². The smallest absolute Gasteiger partial charge is 0.408 e. The number of phenols is 1. The Morgan fingerprint density at radius 1 is 1.06 bits per heavy atom. The van der Waals surface area contributed by atoms with E-state index in [1.54, 1.807) is 45.9 Å². The van der Waals surface area contributed by atoms with Gasteiger partial charge in [-0.1, -0.05) is 44.4 Å². The van der Waals surface area contributed by atoms with Crippen molar-refractivity contribution in [3.8, 4) is 5.75 Å². The summed E-state index contributed by atoms with van der Waals surface area (Å²) in [7, 11) is 0. The lowest BCUT2D eigenvalue weighted by Gasteiger charge is -2.36. The predicted molar refractivity (Wildman–Crippen MR) is 140 cm³/mol. The third-order valence-electron chi connectivity index (χ3n) is 5.33. The van der Waals surface area contributed by atoms with Gasteiger partial charge in [-0.25, -0.2) is 4.79 Å². The first-order valence-electron chi connectivity index (χ1n) is 12.6. The molecule has 2 atom stereocenters. The Labute approximate surface area is 215 Å². The van der Waals surface area contributed by atoms with Crippen molar-refractivity contribution in [1.29, 1.82) is 0 Å². The molecule has 0 aliphatic heterocycles. The van der Waals surface area contributed by atoms with Crippen molar-refractivity contribution >= 4 is 17.9 Å². The molecule has 1 rings (SSSR count). The maximum Gasteiger partial charge on any atom is 0.408 e. The molecule has 204 valence electrons. The van der Waals surface area contributed by atoms with Crippen molar-refractivity contribution in [2.75, 3.05) is 13.2 Å². The zero-order valence-corrected chi connectivity index (χ0v) is 23.1. The summed E-state index contributed by atoms with van der Waals surface area (Å²) in [5.74, 6) is -1.20. The number of ether oxygens (including phenoxy) is 1. The number of para-hydroxylation sites is 1. The van der Waals surface area contributed by atoms with E-state index < -0.39 is 47.7 Å². The number of nitrogens with one attached hydrogen (secondary N) is 2. The molecule has 3 amide bonds. The summed E-state index contributed by atoms with van der Waals surface area (Å²) >= 11 is 0. The van der Waals surface area contributed by atoms with E-state index in [1.807, 2.05) is 20.8 Å². The van der Waals surface area contributed by atoms with E-state index in [-0.39, 0.29) is 17.9 Å². The van der Waals surface area contributed by atoms with Crippen molar-refractivity contribution in [3.05, 3.63) is 29.3 Å². The van der Waals surface area contributed by atoms with Gasteiger partial charge in [-0.2, -0.15) is 0 Å². The number of aliphatic hydroxyl groups excluding tert-OH is 1. The number of nitrogens with zero attached hydrogens (tertiary/aromatic N) is 1. The maximum atomic E-state index is 13.8. The number of carbonyl (C=O) groups excluding carboxylic acids is 3. The number of aliphatic hydroxyl groups is 1. The van der Waals surface area contributed by atoms with Crippen LogP contribution in [0.1, 0.15) is 91.3 Å². The number of rotatable bonds is 11. The second-order valence-electron chi connectivity index (χ2n) is 11.1. The standard InChI is InChI=1S/C27H45N3O6/c1-9-10-11-12-16-30(24(34)20(17-31)28-25(35)36-27(6,7)8)21(23(33)29-26(3,4)5)19-15-13-14-18(2)22(19)32/h13-15,20-21,31-32H,9-12,16-17H2,1-8H3,(H,28,35)(H,29,33). The molecule has 1 aromatic carbocycles. The Kier molecular flexibility index (Phi) is 11.7. The van der Waals surface area contributed by atoms with Gasteiger partial charge >= 0.3 is 6.09 Å². The molecule has 36 heavy (non-hydrogen) atoms. The van der Waals surface area contributed by atoms with Gasteiger partial charge in [-0.3, -0.25) is 9.59 Å². The molecule has 0 spiro atoms. The molecule has 0 aromatic heterocycles. The molecule has 0 fully saturated rings. The van der Waals surface area contributed by atoms with Gasteiger partial charge in [-0.05, 0) is 60.5 Å². The van der Waals surface area contributed by atoms with E-state index >= 15 is 0 Å². The molecule has 9 nitrogen and oxygen atoms in total. The van der Waals surface area contributed by atoms with Crippen molar-refractivity contribution in [1.82, 2.24) is 15.5 Å². The molecule has 2 unspecified atom stereocenters. The summed E-state index contributed by atoms with van der Waals surface area (Å²) in [5.41, 5.74) is -0.564. The summed E-state index contributed by atoms with van der Waals surface area (Å²) in [6.07, 6.45) is 2.53. The molecule has 4 N–H and O–H groups in total. The minimum Gasteiger partial charge on any atom is -0.507 e. The number of amides is 3. The Bertz CT molecular complexity index is 888. The highest BCUT2D eigenvalue weighted by Crippen LogP contribution is 2.33. The summed E-state index contributed by atoms with van der Waals surface area (Å²) in [5, 5.41) is 26.2. The van der Waals surface area contributed by atoms with Crippen LogP contribution >= 0.6 is 0 Å². The average Bonchev–Trinajstić information content (AvgIpc) is 2.73. The zero-order valence-electron chi connectivity index (χ0n) is 23.1. The summed E-state index contributed by atoms with van der Waals surface area (Å²) in [6, 6.07) is 2.53. The Balaban J connectivity index is 3.50. The molecular formula is C27H45N3O6. The highest BCUT2D eigenvalue weighted by Gasteiger charge is 2.38. The largest absolute Gasteiger partial charge is 0.507 e. The third kappa shape index (κ3) is 10.0. The van der Waals surface area contributed by atoms with Crippen LogP contribution < -0.4 is 10.6 Å². The topological polar surface area (TPSA) is 128 Å². The highest BCUT2D eigenvalue weighted by molar-refractivity contribution is 5.93. The number of phenolic OH excluding ortho intramolecular Hbond substituents is 1. The van der Waals surface area contributed by atoms with Crippen LogP contribution in [0.25, 0.3) is 0 Å². The van der Waals surface area contributed by atoms with E-state index in [1.165, 1.54) is 4.90 Å². The molecule has 0 aliphatic carbocycles. The minimum absolute atomic E-state index is 0.0847. The van der Waals surface area contributed by atoms with Gasteiger partial charge in [0.2, 0.25) is 11.8 Å². The molecule has 0 aliphatic rings. The first-order valence-corrected chi connectivity index (χ1v) is 12.6. The van der Waals surface area contributed by atoms with Crippen molar-refractivity contribution < 1.29 is 29.3 Å². The van der Waals surface area contributed by atoms with Crippen LogP contribution in [0, 0.1) is 6.92 Å². The molecule has 9 heteroatoms. The monoisotopic (exact) mass is 507 g/mol. The summed E-state index contributed by atoms with van der Waals surface area (Å²) < 4.78 is 5.26. The normalized spacial score (nSPS) is 13.5. The number of aromatic hydroxyl groups is 1. The fourth-order valence-corrected chi connectivity index (χ4v) is 3.70.